The Morgan fingerprint density at radius 1 is 1.28 bits per heavy atom. The third-order valence-corrected chi connectivity index (χ3v) is 3.11. The molecule has 2 heterocycles. The first-order chi connectivity index (χ1) is 8.75. The van der Waals surface area contributed by atoms with Gasteiger partial charge in [0.2, 0.25) is 0 Å². The molecule has 1 aliphatic heterocycles. The molecule has 0 saturated heterocycles. The van der Waals surface area contributed by atoms with Crippen LogP contribution >= 0.6 is 0 Å². The highest BCUT2D eigenvalue weighted by atomic mass is 15.5. The normalized spacial score (nSPS) is 18.5. The molecule has 0 bridgehead atoms. The van der Waals surface area contributed by atoms with E-state index in [1.165, 1.54) is 0 Å². The van der Waals surface area contributed by atoms with E-state index in [9.17, 15) is 0 Å². The van der Waals surface area contributed by atoms with Crippen molar-refractivity contribution in [1.82, 2.24) is 15.4 Å². The molecule has 0 amide bonds. The molecule has 1 N–H and O–H groups in total. The predicted molar refractivity (Wildman–Crippen MR) is 71.9 cm³/mol. The number of hydrazine groups is 1. The Balaban J connectivity index is 2.15. The van der Waals surface area contributed by atoms with Gasteiger partial charge in [-0.15, -0.1) is 0 Å². The monoisotopic (exact) mass is 239 g/mol. The molecule has 18 heavy (non-hydrogen) atoms. The summed E-state index contributed by atoms with van der Waals surface area (Å²) in [7, 11) is 1.96. The van der Waals surface area contributed by atoms with Gasteiger partial charge in [-0.05, 0) is 0 Å². The van der Waals surface area contributed by atoms with Crippen molar-refractivity contribution in [2.24, 2.45) is 0 Å². The van der Waals surface area contributed by atoms with E-state index in [-0.39, 0.29) is 6.04 Å². The zero-order chi connectivity index (χ0) is 12.5. The molecule has 4 heteroatoms. The molecule has 3 rings (SSSR count). The van der Waals surface area contributed by atoms with E-state index in [0.717, 1.165) is 29.1 Å². The van der Waals surface area contributed by atoms with E-state index >= 15 is 0 Å². The summed E-state index contributed by atoms with van der Waals surface area (Å²) >= 11 is 0. The maximum atomic E-state index is 4.44. The first-order valence-corrected chi connectivity index (χ1v) is 5.98. The minimum atomic E-state index is 0.149. The topological polar surface area (TPSA) is 41.1 Å². The van der Waals surface area contributed by atoms with Crippen LogP contribution in [0.1, 0.15) is 5.56 Å². The lowest BCUT2D eigenvalue weighted by atomic mass is 9.99. The average molecular weight is 239 g/mol. The third-order valence-electron chi connectivity index (χ3n) is 3.11. The van der Waals surface area contributed by atoms with Crippen LogP contribution in [0.25, 0.3) is 11.3 Å². The molecule has 0 fully saturated rings. The molecule has 1 aromatic carbocycles. The van der Waals surface area contributed by atoms with Crippen molar-refractivity contribution < 1.29 is 0 Å². The molecule has 0 aliphatic carbocycles. The minimum Gasteiger partial charge on any atom is -0.291 e. The molecule has 0 saturated carbocycles. The predicted octanol–water partition coefficient (Wildman–Crippen LogP) is 1.84. The van der Waals surface area contributed by atoms with Crippen LogP contribution in [-0.2, 0) is 6.42 Å². The maximum absolute atomic E-state index is 4.44. The number of nitrogens with zero attached hydrogens (tertiary/aromatic N) is 3. The van der Waals surface area contributed by atoms with Crippen LogP contribution in [0.4, 0.5) is 5.82 Å². The summed E-state index contributed by atoms with van der Waals surface area (Å²) in [5.74, 6) is 0.934. The lowest BCUT2D eigenvalue weighted by molar-refractivity contribution is 0.543. The highest BCUT2D eigenvalue weighted by Gasteiger charge is 2.26. The summed E-state index contributed by atoms with van der Waals surface area (Å²) in [6, 6.07) is 10.4. The summed E-state index contributed by atoms with van der Waals surface area (Å²) < 4.78 is 0. The molecular formula is C14H15N4+. The second-order valence-electron chi connectivity index (χ2n) is 4.48. The molecular weight excluding hydrogens is 224 g/mol. The van der Waals surface area contributed by atoms with Crippen molar-refractivity contribution in [2.75, 3.05) is 12.1 Å². The number of rotatable bonds is 1. The van der Waals surface area contributed by atoms with E-state index in [1.807, 2.05) is 30.3 Å². The first kappa shape index (κ1) is 11.0. The molecule has 4 nitrogen and oxygen atoms in total. The van der Waals surface area contributed by atoms with Crippen LogP contribution in [-0.4, -0.2) is 23.1 Å². The highest BCUT2D eigenvalue weighted by Crippen LogP contribution is 2.30. The molecule has 1 unspecified atom stereocenters. The van der Waals surface area contributed by atoms with Gasteiger partial charge in [0.05, 0.1) is 12.6 Å². The second kappa shape index (κ2) is 4.31. The number of aromatic nitrogens is 2. The van der Waals surface area contributed by atoms with E-state index < -0.39 is 0 Å². The Morgan fingerprint density at radius 3 is 2.83 bits per heavy atom. The number of benzene rings is 1. The number of nitrogens with one attached hydrogen (secondary N) is 1. The zero-order valence-electron chi connectivity index (χ0n) is 10.3. The quantitative estimate of drug-likeness (QED) is 0.771. The summed E-state index contributed by atoms with van der Waals surface area (Å²) in [6.07, 6.45) is 2.45. The fourth-order valence-corrected chi connectivity index (χ4v) is 2.35. The van der Waals surface area contributed by atoms with Crippen LogP contribution in [0.3, 0.4) is 0 Å². The van der Waals surface area contributed by atoms with Crippen molar-refractivity contribution in [1.29, 1.82) is 0 Å². The summed E-state index contributed by atoms with van der Waals surface area (Å²) in [5.41, 5.74) is 6.53. The largest absolute Gasteiger partial charge is 0.291 e. The van der Waals surface area contributed by atoms with Crippen LogP contribution in [0.15, 0.2) is 36.7 Å². The van der Waals surface area contributed by atoms with Gasteiger partial charge in [-0.1, -0.05) is 30.3 Å². The number of anilines is 1. The Labute approximate surface area is 107 Å². The number of hydrogen-bond acceptors (Lipinski definition) is 4. The van der Waals surface area contributed by atoms with Crippen molar-refractivity contribution >= 4 is 5.82 Å². The van der Waals surface area contributed by atoms with Gasteiger partial charge in [0.25, 0.3) is 0 Å². The maximum Gasteiger partial charge on any atom is 0.167 e. The van der Waals surface area contributed by atoms with Crippen LogP contribution in [0.5, 0.6) is 0 Å². The molecule has 1 aromatic heterocycles. The lowest BCUT2D eigenvalue weighted by Gasteiger charge is -2.29. The molecule has 0 radical (unpaired) electrons. The van der Waals surface area contributed by atoms with Gasteiger partial charge in [-0.25, -0.2) is 9.97 Å². The fraction of sp³-hybridized carbons (Fsp3) is 0.214. The second-order valence-corrected chi connectivity index (χ2v) is 4.48. The molecule has 2 aromatic rings. The van der Waals surface area contributed by atoms with E-state index in [4.69, 9.17) is 0 Å². The third kappa shape index (κ3) is 1.80. The van der Waals surface area contributed by atoms with Crippen molar-refractivity contribution in [2.45, 2.75) is 12.5 Å². The van der Waals surface area contributed by atoms with Crippen LogP contribution in [0, 0.1) is 6.92 Å². The standard InChI is InChI=1S/C14H15N4/c1-10-8-12-13(11-6-4-3-5-7-11)15-9-16-14(12)18(2)17-10/h3-7,9-10,17H,1,8H2,2H3/q+1. The van der Waals surface area contributed by atoms with Crippen molar-refractivity contribution in [3.05, 3.63) is 49.1 Å². The van der Waals surface area contributed by atoms with E-state index in [1.54, 1.807) is 6.33 Å². The average Bonchev–Trinajstić information content (AvgIpc) is 2.39. The Morgan fingerprint density at radius 2 is 2.06 bits per heavy atom. The number of hydrogen-bond donors (Lipinski definition) is 1. The Hall–Kier alpha value is -2.07. The van der Waals surface area contributed by atoms with Gasteiger partial charge < -0.3 is 0 Å². The molecule has 90 valence electrons. The van der Waals surface area contributed by atoms with Gasteiger partial charge >= 0.3 is 0 Å². The van der Waals surface area contributed by atoms with Gasteiger partial charge in [-0.3, -0.25) is 5.01 Å². The molecule has 0 spiro atoms. The highest BCUT2D eigenvalue weighted by molar-refractivity contribution is 5.69. The van der Waals surface area contributed by atoms with Crippen LogP contribution < -0.4 is 10.4 Å². The van der Waals surface area contributed by atoms with Gasteiger partial charge in [-0.2, -0.15) is 5.43 Å². The molecule has 1 aliphatic rings. The van der Waals surface area contributed by atoms with Crippen molar-refractivity contribution in [3.8, 4) is 11.3 Å². The fourth-order valence-electron chi connectivity index (χ4n) is 2.35. The lowest BCUT2D eigenvalue weighted by Crippen LogP contribution is -2.47. The minimum absolute atomic E-state index is 0.149. The van der Waals surface area contributed by atoms with Crippen LogP contribution in [0.2, 0.25) is 0 Å². The van der Waals surface area contributed by atoms with Gasteiger partial charge in [0, 0.05) is 24.6 Å². The summed E-state index contributed by atoms with van der Waals surface area (Å²) in [5, 5.41) is 1.92. The summed E-state index contributed by atoms with van der Waals surface area (Å²) in [4.78, 5) is 8.78. The smallest absolute Gasteiger partial charge is 0.167 e. The first-order valence-electron chi connectivity index (χ1n) is 5.98. The SMILES string of the molecule is [CH2+]C1Cc2c(-c3ccccc3)ncnc2N(C)N1. The molecule has 1 atom stereocenters. The van der Waals surface area contributed by atoms with E-state index in [2.05, 4.69) is 34.5 Å². The Kier molecular flexibility index (Phi) is 2.64. The zero-order valence-corrected chi connectivity index (χ0v) is 10.3. The van der Waals surface area contributed by atoms with Gasteiger partial charge in [0.15, 0.2) is 6.04 Å². The van der Waals surface area contributed by atoms with E-state index in [0.29, 0.717) is 0 Å². The summed E-state index contributed by atoms with van der Waals surface area (Å²) in [6.45, 7) is 4.07. The van der Waals surface area contributed by atoms with Crippen molar-refractivity contribution in [3.63, 3.8) is 0 Å². The Bertz CT molecular complexity index is 553. The number of fused-ring (bicyclic) bond motifs is 1. The van der Waals surface area contributed by atoms with Gasteiger partial charge in [0.1, 0.15) is 12.1 Å².